The van der Waals surface area contributed by atoms with Gasteiger partial charge in [-0.2, -0.15) is 0 Å². The van der Waals surface area contributed by atoms with Gasteiger partial charge < -0.3 is 14.9 Å². The van der Waals surface area contributed by atoms with Gasteiger partial charge in [0.2, 0.25) is 0 Å². The van der Waals surface area contributed by atoms with Gasteiger partial charge in [-0.15, -0.1) is 0 Å². The van der Waals surface area contributed by atoms with Crippen LogP contribution >= 0.6 is 0 Å². The van der Waals surface area contributed by atoms with Gasteiger partial charge in [-0.25, -0.2) is 4.79 Å². The lowest BCUT2D eigenvalue weighted by Gasteiger charge is -2.56. The molecule has 122 valence electrons. The fourth-order valence-electron chi connectivity index (χ4n) is 4.07. The number of hydrogen-bond acceptors (Lipinski definition) is 4. The van der Waals surface area contributed by atoms with E-state index in [1.807, 2.05) is 6.92 Å². The van der Waals surface area contributed by atoms with Gasteiger partial charge in [0, 0.05) is 23.8 Å². The Morgan fingerprint density at radius 2 is 2.00 bits per heavy atom. The molecule has 0 bridgehead atoms. The van der Waals surface area contributed by atoms with Gasteiger partial charge in [-0.3, -0.25) is 4.79 Å². The monoisotopic (exact) mass is 308 g/mol. The molecule has 0 amide bonds. The van der Waals surface area contributed by atoms with Gasteiger partial charge in [0.15, 0.2) is 0 Å². The predicted octanol–water partition coefficient (Wildman–Crippen LogP) is 2.45. The Balaban J connectivity index is 2.40. The molecule has 5 heteroatoms. The van der Waals surface area contributed by atoms with Crippen molar-refractivity contribution in [1.29, 1.82) is 0 Å². The lowest BCUT2D eigenvalue weighted by Crippen LogP contribution is -2.59. The first-order valence-corrected chi connectivity index (χ1v) is 7.61. The maximum Gasteiger partial charge on any atom is 0.331 e. The Morgan fingerprint density at radius 1 is 1.36 bits per heavy atom. The van der Waals surface area contributed by atoms with Crippen LogP contribution in [-0.2, 0) is 14.3 Å². The molecule has 0 radical (unpaired) electrons. The molecule has 22 heavy (non-hydrogen) atoms. The van der Waals surface area contributed by atoms with Crippen molar-refractivity contribution < 1.29 is 24.5 Å². The molecule has 2 fully saturated rings. The standard InChI is InChI=1S/C17H24O5/c1-10-6-5-7-16(4)9-14(22-12(3)18)13(8-17(10,16)21)11(2)15(19)20/h13-14,21H,1-2,5-9H2,3-4H3,(H,19,20)/t13-,14+,16-,17+/m1/s1. The summed E-state index contributed by atoms with van der Waals surface area (Å²) in [5, 5.41) is 20.4. The molecule has 4 atom stereocenters. The van der Waals surface area contributed by atoms with Gasteiger partial charge in [0.25, 0.3) is 0 Å². The average Bonchev–Trinajstić information content (AvgIpc) is 2.39. The predicted molar refractivity (Wildman–Crippen MR) is 81.1 cm³/mol. The number of ether oxygens (including phenoxy) is 1. The van der Waals surface area contributed by atoms with Crippen LogP contribution in [0.4, 0.5) is 0 Å². The van der Waals surface area contributed by atoms with Crippen LogP contribution in [0.5, 0.6) is 0 Å². The highest BCUT2D eigenvalue weighted by atomic mass is 16.5. The van der Waals surface area contributed by atoms with Crippen LogP contribution in [-0.4, -0.2) is 33.9 Å². The number of rotatable bonds is 3. The van der Waals surface area contributed by atoms with Crippen molar-refractivity contribution in [3.05, 3.63) is 24.3 Å². The van der Waals surface area contributed by atoms with E-state index in [9.17, 15) is 19.8 Å². The van der Waals surface area contributed by atoms with Crippen molar-refractivity contribution in [3.63, 3.8) is 0 Å². The topological polar surface area (TPSA) is 83.8 Å². The quantitative estimate of drug-likeness (QED) is 0.475. The zero-order valence-electron chi connectivity index (χ0n) is 13.2. The molecule has 0 unspecified atom stereocenters. The SMILES string of the molecule is C=C(C(=O)O)[C@H]1C[C@]2(O)C(=C)CCC[C@]2(C)C[C@@H]1OC(C)=O. The molecule has 2 N–H and O–H groups in total. The number of carboxylic acids is 1. The summed E-state index contributed by atoms with van der Waals surface area (Å²) in [4.78, 5) is 22.7. The fraction of sp³-hybridized carbons (Fsp3) is 0.647. The molecule has 2 saturated carbocycles. The van der Waals surface area contributed by atoms with Crippen molar-refractivity contribution in [3.8, 4) is 0 Å². The molecule has 0 saturated heterocycles. The van der Waals surface area contributed by atoms with E-state index < -0.39 is 35.0 Å². The maximum atomic E-state index is 11.4. The molecule has 0 aromatic rings. The maximum absolute atomic E-state index is 11.4. The number of aliphatic hydroxyl groups is 1. The van der Waals surface area contributed by atoms with E-state index in [1.54, 1.807) is 0 Å². The molecule has 0 heterocycles. The van der Waals surface area contributed by atoms with E-state index >= 15 is 0 Å². The van der Waals surface area contributed by atoms with Crippen LogP contribution in [0.25, 0.3) is 0 Å². The zero-order valence-corrected chi connectivity index (χ0v) is 13.2. The van der Waals surface area contributed by atoms with Crippen molar-refractivity contribution in [2.24, 2.45) is 11.3 Å². The summed E-state index contributed by atoms with van der Waals surface area (Å²) in [6.45, 7) is 10.9. The molecule has 5 nitrogen and oxygen atoms in total. The van der Waals surface area contributed by atoms with Crippen molar-refractivity contribution in [2.75, 3.05) is 0 Å². The lowest BCUT2D eigenvalue weighted by molar-refractivity contribution is -0.174. The van der Waals surface area contributed by atoms with Crippen LogP contribution in [0.1, 0.15) is 46.0 Å². The molecule has 0 aromatic carbocycles. The average molecular weight is 308 g/mol. The number of hydrogen-bond donors (Lipinski definition) is 2. The third kappa shape index (κ3) is 2.58. The number of fused-ring (bicyclic) bond motifs is 1. The fourth-order valence-corrected chi connectivity index (χ4v) is 4.07. The number of aliphatic carboxylic acids is 1. The summed E-state index contributed by atoms with van der Waals surface area (Å²) in [5.74, 6) is -2.18. The van der Waals surface area contributed by atoms with E-state index in [-0.39, 0.29) is 12.0 Å². The van der Waals surface area contributed by atoms with Crippen LogP contribution in [0, 0.1) is 11.3 Å². The molecule has 2 aliphatic rings. The highest BCUT2D eigenvalue weighted by Gasteiger charge is 2.58. The summed E-state index contributed by atoms with van der Waals surface area (Å²) in [6, 6.07) is 0. The molecule has 0 aliphatic heterocycles. The molecule has 2 aliphatic carbocycles. The summed E-state index contributed by atoms with van der Waals surface area (Å²) in [7, 11) is 0. The van der Waals surface area contributed by atoms with Crippen LogP contribution in [0.15, 0.2) is 24.3 Å². The Morgan fingerprint density at radius 3 is 2.55 bits per heavy atom. The zero-order chi connectivity index (χ0) is 16.7. The number of esters is 1. The summed E-state index contributed by atoms with van der Waals surface area (Å²) in [6.07, 6.45) is 2.49. The van der Waals surface area contributed by atoms with Crippen LogP contribution in [0.3, 0.4) is 0 Å². The minimum Gasteiger partial charge on any atom is -0.478 e. The third-order valence-corrected chi connectivity index (χ3v) is 5.45. The van der Waals surface area contributed by atoms with Gasteiger partial charge in [-0.05, 0) is 37.7 Å². The Labute approximate surface area is 130 Å². The van der Waals surface area contributed by atoms with Crippen molar-refractivity contribution >= 4 is 11.9 Å². The summed E-state index contributed by atoms with van der Waals surface area (Å²) in [5.41, 5.74) is -0.881. The van der Waals surface area contributed by atoms with Gasteiger partial charge in [-0.1, -0.05) is 20.1 Å². The second-order valence-corrected chi connectivity index (χ2v) is 6.87. The van der Waals surface area contributed by atoms with E-state index in [1.165, 1.54) is 6.92 Å². The Hall–Kier alpha value is -1.62. The first kappa shape index (κ1) is 16.7. The molecular formula is C17H24O5. The van der Waals surface area contributed by atoms with E-state index in [4.69, 9.17) is 4.74 Å². The Bertz CT molecular complexity index is 537. The number of carboxylic acid groups (broad SMARTS) is 1. The van der Waals surface area contributed by atoms with Crippen LogP contribution in [0.2, 0.25) is 0 Å². The van der Waals surface area contributed by atoms with Crippen molar-refractivity contribution in [2.45, 2.75) is 57.7 Å². The molecule has 0 spiro atoms. The third-order valence-electron chi connectivity index (χ3n) is 5.45. The van der Waals surface area contributed by atoms with E-state index in [0.717, 1.165) is 24.8 Å². The van der Waals surface area contributed by atoms with Crippen LogP contribution < -0.4 is 0 Å². The molecular weight excluding hydrogens is 284 g/mol. The Kier molecular flexibility index (Phi) is 4.22. The smallest absolute Gasteiger partial charge is 0.331 e. The second kappa shape index (κ2) is 5.54. The van der Waals surface area contributed by atoms with Crippen molar-refractivity contribution in [1.82, 2.24) is 0 Å². The van der Waals surface area contributed by atoms with E-state index in [0.29, 0.717) is 6.42 Å². The highest BCUT2D eigenvalue weighted by molar-refractivity contribution is 5.86. The van der Waals surface area contributed by atoms with Gasteiger partial charge in [0.05, 0.1) is 5.60 Å². The first-order valence-electron chi connectivity index (χ1n) is 7.61. The number of carbonyl (C=O) groups is 2. The first-order chi connectivity index (χ1) is 10.1. The second-order valence-electron chi connectivity index (χ2n) is 6.87. The minimum atomic E-state index is -1.13. The lowest BCUT2D eigenvalue weighted by atomic mass is 9.52. The van der Waals surface area contributed by atoms with Gasteiger partial charge >= 0.3 is 11.9 Å². The number of carbonyl (C=O) groups excluding carboxylic acids is 1. The molecule has 2 rings (SSSR count). The minimum absolute atomic E-state index is 0.0277. The highest BCUT2D eigenvalue weighted by Crippen LogP contribution is 2.57. The normalized spacial score (nSPS) is 38.0. The summed E-state index contributed by atoms with van der Waals surface area (Å²) >= 11 is 0. The molecule has 0 aromatic heterocycles. The summed E-state index contributed by atoms with van der Waals surface area (Å²) < 4.78 is 5.37. The largest absolute Gasteiger partial charge is 0.478 e. The van der Waals surface area contributed by atoms with Gasteiger partial charge in [0.1, 0.15) is 6.10 Å². The van der Waals surface area contributed by atoms with E-state index in [2.05, 4.69) is 13.2 Å².